The molecule has 116 valence electrons. The standard InChI is InChI=1S/C13H25N3O4/c1-9-8-10(6-7-11(9)12(17)18)20-14-16(19)15(5)13(2,3)4/h9-11H,6-8H2,1-5H3,(H,17,18)/b16-14+/t9-,10+,11+/m0/s1. The van der Waals surface area contributed by atoms with Gasteiger partial charge in [-0.2, -0.15) is 0 Å². The topological polar surface area (TPSA) is 88.2 Å². The number of hydrazine groups is 1. The Morgan fingerprint density at radius 1 is 1.45 bits per heavy atom. The predicted octanol–water partition coefficient (Wildman–Crippen LogP) is 2.42. The van der Waals surface area contributed by atoms with Gasteiger partial charge in [-0.05, 0) is 46.0 Å². The van der Waals surface area contributed by atoms with E-state index in [4.69, 9.17) is 9.94 Å². The molecular weight excluding hydrogens is 262 g/mol. The van der Waals surface area contributed by atoms with Crippen LogP contribution in [0.2, 0.25) is 0 Å². The molecule has 0 aromatic heterocycles. The average molecular weight is 287 g/mol. The van der Waals surface area contributed by atoms with Crippen LogP contribution < -0.4 is 0 Å². The first-order valence-electron chi connectivity index (χ1n) is 6.93. The van der Waals surface area contributed by atoms with Gasteiger partial charge in [-0.25, -0.2) is 0 Å². The van der Waals surface area contributed by atoms with E-state index in [1.54, 1.807) is 7.05 Å². The van der Waals surface area contributed by atoms with E-state index >= 15 is 0 Å². The van der Waals surface area contributed by atoms with Gasteiger partial charge in [0.15, 0.2) is 0 Å². The van der Waals surface area contributed by atoms with Gasteiger partial charge >= 0.3 is 5.97 Å². The van der Waals surface area contributed by atoms with Crippen molar-refractivity contribution in [3.63, 3.8) is 0 Å². The van der Waals surface area contributed by atoms with Crippen molar-refractivity contribution in [3.8, 4) is 0 Å². The van der Waals surface area contributed by atoms with Crippen molar-refractivity contribution in [2.75, 3.05) is 7.05 Å². The summed E-state index contributed by atoms with van der Waals surface area (Å²) < 4.78 is 0. The van der Waals surface area contributed by atoms with Crippen LogP contribution in [0, 0.1) is 17.0 Å². The number of rotatable bonds is 4. The van der Waals surface area contributed by atoms with Gasteiger partial charge in [0.25, 0.3) is 0 Å². The predicted molar refractivity (Wildman–Crippen MR) is 72.6 cm³/mol. The SMILES string of the molecule is C[C@H]1C[C@H](O/N=[N+](/[O-])N(C)C(C)(C)C)CC[C@H]1C(=O)O. The van der Waals surface area contributed by atoms with Gasteiger partial charge in [0.2, 0.25) is 5.28 Å². The molecule has 0 unspecified atom stereocenters. The molecule has 1 aliphatic rings. The number of carbonyl (C=O) groups is 1. The third-order valence-corrected chi connectivity index (χ3v) is 3.93. The number of hydrogen-bond acceptors (Lipinski definition) is 4. The molecule has 0 aromatic carbocycles. The van der Waals surface area contributed by atoms with E-state index in [1.807, 2.05) is 27.7 Å². The summed E-state index contributed by atoms with van der Waals surface area (Å²) in [5.41, 5.74) is -0.344. The molecule has 7 heteroatoms. The van der Waals surface area contributed by atoms with E-state index < -0.39 is 5.97 Å². The molecule has 0 aliphatic heterocycles. The minimum Gasteiger partial charge on any atom is -0.569 e. The fourth-order valence-electron chi connectivity index (χ4n) is 2.23. The molecular formula is C13H25N3O4. The first-order valence-corrected chi connectivity index (χ1v) is 6.93. The minimum absolute atomic E-state index is 0.0295. The zero-order valence-electron chi connectivity index (χ0n) is 12.9. The monoisotopic (exact) mass is 287 g/mol. The Labute approximate surface area is 119 Å². The number of carboxylic acids is 1. The highest BCUT2D eigenvalue weighted by Crippen LogP contribution is 2.31. The number of nitrogens with zero attached hydrogens (tertiary/aromatic N) is 3. The van der Waals surface area contributed by atoms with Gasteiger partial charge in [0, 0.05) is 0 Å². The van der Waals surface area contributed by atoms with E-state index in [1.165, 1.54) is 5.01 Å². The van der Waals surface area contributed by atoms with Crippen molar-refractivity contribution < 1.29 is 19.7 Å². The van der Waals surface area contributed by atoms with E-state index in [2.05, 4.69) is 5.28 Å². The minimum atomic E-state index is -0.759. The van der Waals surface area contributed by atoms with E-state index in [0.29, 0.717) is 24.2 Å². The lowest BCUT2D eigenvalue weighted by molar-refractivity contribution is -0.720. The molecule has 1 fully saturated rings. The Bertz CT molecular complexity index is 378. The molecule has 0 aromatic rings. The van der Waals surface area contributed by atoms with Crippen molar-refractivity contribution in [1.29, 1.82) is 0 Å². The highest BCUT2D eigenvalue weighted by Gasteiger charge is 2.34. The summed E-state index contributed by atoms with van der Waals surface area (Å²) in [6.45, 7) is 7.58. The van der Waals surface area contributed by atoms with E-state index in [9.17, 15) is 10.0 Å². The Hall–Kier alpha value is -1.53. The lowest BCUT2D eigenvalue weighted by Crippen LogP contribution is -2.42. The molecule has 0 heterocycles. The molecule has 1 saturated carbocycles. The largest absolute Gasteiger partial charge is 0.569 e. The summed E-state index contributed by atoms with van der Waals surface area (Å²) in [6.07, 6.45) is 1.58. The van der Waals surface area contributed by atoms with E-state index in [0.717, 1.165) is 0 Å². The molecule has 0 bridgehead atoms. The maximum atomic E-state index is 11.7. The first kappa shape index (κ1) is 16.5. The zero-order chi connectivity index (χ0) is 15.5. The molecule has 0 saturated heterocycles. The molecule has 1 rings (SSSR count). The Kier molecular flexibility index (Phi) is 5.19. The lowest BCUT2D eigenvalue weighted by Gasteiger charge is -2.30. The molecule has 7 nitrogen and oxygen atoms in total. The molecule has 1 N–H and O–H groups in total. The van der Waals surface area contributed by atoms with Gasteiger partial charge in [-0.1, -0.05) is 6.92 Å². The Morgan fingerprint density at radius 2 is 2.05 bits per heavy atom. The smallest absolute Gasteiger partial charge is 0.306 e. The third kappa shape index (κ3) is 4.25. The first-order chi connectivity index (χ1) is 9.12. The maximum Gasteiger partial charge on any atom is 0.306 e. The summed E-state index contributed by atoms with van der Waals surface area (Å²) in [7, 11) is 1.64. The van der Waals surface area contributed by atoms with Gasteiger partial charge in [0.05, 0.1) is 23.5 Å². The van der Waals surface area contributed by atoms with Gasteiger partial charge < -0.3 is 15.2 Å². The number of hydrogen-bond donors (Lipinski definition) is 1. The third-order valence-electron chi connectivity index (χ3n) is 3.93. The summed E-state index contributed by atoms with van der Waals surface area (Å²) in [5.74, 6) is -1.05. The van der Waals surface area contributed by atoms with Crippen molar-refractivity contribution in [3.05, 3.63) is 5.21 Å². The maximum absolute atomic E-state index is 11.7. The van der Waals surface area contributed by atoms with E-state index in [-0.39, 0.29) is 23.5 Å². The van der Waals surface area contributed by atoms with Crippen LogP contribution in [-0.2, 0) is 9.63 Å². The van der Waals surface area contributed by atoms with Crippen molar-refractivity contribution in [2.45, 2.75) is 58.6 Å². The van der Waals surface area contributed by atoms with Gasteiger partial charge in [0.1, 0.15) is 6.10 Å². The van der Waals surface area contributed by atoms with Crippen LogP contribution in [0.3, 0.4) is 0 Å². The van der Waals surface area contributed by atoms with Gasteiger partial charge in [-0.15, -0.1) is 5.01 Å². The normalized spacial score (nSPS) is 28.1. The average Bonchev–Trinajstić information content (AvgIpc) is 2.33. The zero-order valence-corrected chi connectivity index (χ0v) is 12.9. The second kappa shape index (κ2) is 6.28. The second-order valence-corrected chi connectivity index (χ2v) is 6.49. The highest BCUT2D eigenvalue weighted by atomic mass is 16.7. The van der Waals surface area contributed by atoms with Crippen LogP contribution >= 0.6 is 0 Å². The second-order valence-electron chi connectivity index (χ2n) is 6.49. The van der Waals surface area contributed by atoms with Crippen molar-refractivity contribution in [1.82, 2.24) is 5.01 Å². The van der Waals surface area contributed by atoms with Crippen molar-refractivity contribution >= 4 is 5.97 Å². The van der Waals surface area contributed by atoms with Crippen molar-refractivity contribution in [2.24, 2.45) is 17.1 Å². The summed E-state index contributed by atoms with van der Waals surface area (Å²) in [5, 5.41) is 25.8. The molecule has 0 amide bonds. The van der Waals surface area contributed by atoms with Crippen LogP contribution in [0.5, 0.6) is 0 Å². The molecule has 3 atom stereocenters. The molecule has 0 radical (unpaired) electrons. The van der Waals surface area contributed by atoms with Crippen LogP contribution in [-0.4, -0.2) is 39.7 Å². The quantitative estimate of drug-likeness (QED) is 0.487. The molecule has 20 heavy (non-hydrogen) atoms. The summed E-state index contributed by atoms with van der Waals surface area (Å²) in [6, 6.07) is 0. The van der Waals surface area contributed by atoms with Gasteiger partial charge in [-0.3, -0.25) is 4.79 Å². The van der Waals surface area contributed by atoms with Crippen LogP contribution in [0.15, 0.2) is 5.28 Å². The lowest BCUT2D eigenvalue weighted by atomic mass is 9.79. The van der Waals surface area contributed by atoms with Crippen LogP contribution in [0.4, 0.5) is 0 Å². The summed E-state index contributed by atoms with van der Waals surface area (Å²) in [4.78, 5) is 16.7. The van der Waals surface area contributed by atoms with Crippen LogP contribution in [0.25, 0.3) is 0 Å². The Balaban J connectivity index is 2.53. The number of carboxylic acid groups (broad SMARTS) is 1. The number of aliphatic carboxylic acids is 1. The Morgan fingerprint density at radius 3 is 2.50 bits per heavy atom. The summed E-state index contributed by atoms with van der Waals surface area (Å²) >= 11 is 0. The fourth-order valence-corrected chi connectivity index (χ4v) is 2.23. The highest BCUT2D eigenvalue weighted by molar-refractivity contribution is 5.70. The molecule has 1 aliphatic carbocycles. The van der Waals surface area contributed by atoms with Crippen LogP contribution in [0.1, 0.15) is 47.0 Å². The molecule has 0 spiro atoms. The fraction of sp³-hybridized carbons (Fsp3) is 0.923.